The minimum atomic E-state index is -0.809. The quantitative estimate of drug-likeness (QED) is 0.155. The molecule has 0 bridgehead atoms. The summed E-state index contributed by atoms with van der Waals surface area (Å²) in [5.74, 6) is -0.735. The number of allylic oxidation sites excluding steroid dienone is 4. The van der Waals surface area contributed by atoms with E-state index in [1.54, 1.807) is 6.08 Å². The number of ketones is 1. The van der Waals surface area contributed by atoms with Crippen LogP contribution in [-0.2, 0) is 23.9 Å². The Balaban J connectivity index is 3.65. The summed E-state index contributed by atoms with van der Waals surface area (Å²) >= 11 is 0. The third kappa shape index (κ3) is 19.2. The Morgan fingerprint density at radius 1 is 0.931 bits per heavy atom. The standard InChI is InChI=1S/C23H38O6/c1-3-4-5-6-7-9-12-15-21(26)16-13-10-8-11-14-17-23(27)29-22(18-24)19-28-20(2)25/h7,9,12,15,22,24H,3-6,8,10-11,13-14,16-19H2,1-2H3/b9-7-,15-12+/t22-/m0/s1. The summed E-state index contributed by atoms with van der Waals surface area (Å²) in [6, 6.07) is 0. The monoisotopic (exact) mass is 410 g/mol. The van der Waals surface area contributed by atoms with Crippen molar-refractivity contribution in [1.82, 2.24) is 0 Å². The highest BCUT2D eigenvalue weighted by molar-refractivity contribution is 5.89. The Morgan fingerprint density at radius 2 is 1.62 bits per heavy atom. The summed E-state index contributed by atoms with van der Waals surface area (Å²) in [4.78, 5) is 34.2. The molecule has 1 atom stereocenters. The van der Waals surface area contributed by atoms with E-state index in [4.69, 9.17) is 14.6 Å². The fraction of sp³-hybridized carbons (Fsp3) is 0.696. The molecule has 0 aromatic carbocycles. The lowest BCUT2D eigenvalue weighted by Gasteiger charge is -2.15. The van der Waals surface area contributed by atoms with Gasteiger partial charge in [0.25, 0.3) is 0 Å². The molecule has 0 rings (SSSR count). The summed E-state index contributed by atoms with van der Waals surface area (Å²) in [6.07, 6.45) is 16.6. The van der Waals surface area contributed by atoms with E-state index in [1.165, 1.54) is 26.2 Å². The fourth-order valence-electron chi connectivity index (χ4n) is 2.61. The van der Waals surface area contributed by atoms with Crippen molar-refractivity contribution in [1.29, 1.82) is 0 Å². The smallest absolute Gasteiger partial charge is 0.306 e. The molecule has 6 nitrogen and oxygen atoms in total. The van der Waals surface area contributed by atoms with Crippen LogP contribution in [0.2, 0.25) is 0 Å². The van der Waals surface area contributed by atoms with E-state index in [-0.39, 0.29) is 25.4 Å². The molecule has 1 N–H and O–H groups in total. The molecule has 0 aromatic heterocycles. The van der Waals surface area contributed by atoms with Crippen LogP contribution >= 0.6 is 0 Å². The van der Waals surface area contributed by atoms with Gasteiger partial charge in [-0.3, -0.25) is 14.4 Å². The van der Waals surface area contributed by atoms with Crippen LogP contribution in [0.1, 0.15) is 84.5 Å². The Hall–Kier alpha value is -1.95. The van der Waals surface area contributed by atoms with Crippen molar-refractivity contribution in [3.05, 3.63) is 24.3 Å². The number of aliphatic hydroxyl groups is 1. The van der Waals surface area contributed by atoms with Crippen molar-refractivity contribution in [3.63, 3.8) is 0 Å². The maximum atomic E-state index is 11.7. The zero-order chi connectivity index (χ0) is 21.7. The third-order valence-corrected chi connectivity index (χ3v) is 4.28. The molecule has 0 aromatic rings. The Kier molecular flexibility index (Phi) is 18.1. The van der Waals surface area contributed by atoms with E-state index < -0.39 is 18.0 Å². The molecule has 0 fully saturated rings. The van der Waals surface area contributed by atoms with Gasteiger partial charge in [0, 0.05) is 19.8 Å². The normalized spacial score (nSPS) is 12.4. The van der Waals surface area contributed by atoms with Gasteiger partial charge in [-0.15, -0.1) is 0 Å². The first-order valence-corrected chi connectivity index (χ1v) is 10.8. The Labute approximate surface area is 175 Å². The summed E-state index contributed by atoms with van der Waals surface area (Å²) in [7, 11) is 0. The number of hydrogen-bond acceptors (Lipinski definition) is 6. The Morgan fingerprint density at radius 3 is 2.28 bits per heavy atom. The molecule has 0 aliphatic rings. The molecule has 166 valence electrons. The van der Waals surface area contributed by atoms with Crippen molar-refractivity contribution in [2.75, 3.05) is 13.2 Å². The van der Waals surface area contributed by atoms with Crippen LogP contribution in [0, 0.1) is 0 Å². The van der Waals surface area contributed by atoms with Gasteiger partial charge in [0.2, 0.25) is 0 Å². The average Bonchev–Trinajstić information content (AvgIpc) is 2.69. The minimum Gasteiger partial charge on any atom is -0.462 e. The molecule has 6 heteroatoms. The second-order valence-corrected chi connectivity index (χ2v) is 7.11. The second-order valence-electron chi connectivity index (χ2n) is 7.11. The van der Waals surface area contributed by atoms with E-state index in [9.17, 15) is 14.4 Å². The molecule has 0 amide bonds. The largest absolute Gasteiger partial charge is 0.462 e. The van der Waals surface area contributed by atoms with Gasteiger partial charge in [0.15, 0.2) is 11.9 Å². The van der Waals surface area contributed by atoms with E-state index in [0.29, 0.717) is 12.8 Å². The predicted molar refractivity (Wildman–Crippen MR) is 113 cm³/mol. The topological polar surface area (TPSA) is 89.9 Å². The maximum Gasteiger partial charge on any atom is 0.306 e. The first-order chi connectivity index (χ1) is 14.0. The number of rotatable bonds is 18. The van der Waals surface area contributed by atoms with Crippen LogP contribution in [0.15, 0.2) is 24.3 Å². The van der Waals surface area contributed by atoms with Gasteiger partial charge in [-0.1, -0.05) is 57.3 Å². The van der Waals surface area contributed by atoms with Crippen LogP contribution < -0.4 is 0 Å². The fourth-order valence-corrected chi connectivity index (χ4v) is 2.61. The van der Waals surface area contributed by atoms with Crippen LogP contribution in [0.25, 0.3) is 0 Å². The van der Waals surface area contributed by atoms with Crippen LogP contribution in [0.5, 0.6) is 0 Å². The van der Waals surface area contributed by atoms with Gasteiger partial charge in [-0.25, -0.2) is 0 Å². The number of carbonyl (C=O) groups is 3. The first kappa shape index (κ1) is 27.0. The zero-order valence-electron chi connectivity index (χ0n) is 18.1. The highest BCUT2D eigenvalue weighted by Gasteiger charge is 2.14. The molecule has 0 radical (unpaired) electrons. The van der Waals surface area contributed by atoms with Crippen LogP contribution in [0.3, 0.4) is 0 Å². The van der Waals surface area contributed by atoms with Crippen molar-refractivity contribution in [3.8, 4) is 0 Å². The number of hydrogen-bond donors (Lipinski definition) is 1. The van der Waals surface area contributed by atoms with Gasteiger partial charge < -0.3 is 14.6 Å². The van der Waals surface area contributed by atoms with Gasteiger partial charge >= 0.3 is 11.9 Å². The van der Waals surface area contributed by atoms with Crippen molar-refractivity contribution in [2.24, 2.45) is 0 Å². The highest BCUT2D eigenvalue weighted by Crippen LogP contribution is 2.09. The first-order valence-electron chi connectivity index (χ1n) is 10.8. The number of carbonyl (C=O) groups excluding carboxylic acids is 3. The molecular weight excluding hydrogens is 372 g/mol. The lowest BCUT2D eigenvalue weighted by atomic mass is 10.1. The lowest BCUT2D eigenvalue weighted by Crippen LogP contribution is -2.28. The lowest BCUT2D eigenvalue weighted by molar-refractivity contribution is -0.160. The van der Waals surface area contributed by atoms with E-state index in [1.807, 2.05) is 12.2 Å². The van der Waals surface area contributed by atoms with E-state index in [0.717, 1.165) is 32.1 Å². The second kappa shape index (κ2) is 19.4. The maximum absolute atomic E-state index is 11.7. The summed E-state index contributed by atoms with van der Waals surface area (Å²) in [6.45, 7) is 2.93. The van der Waals surface area contributed by atoms with Gasteiger partial charge in [0.05, 0.1) is 6.61 Å². The molecule has 29 heavy (non-hydrogen) atoms. The van der Waals surface area contributed by atoms with Gasteiger partial charge in [-0.2, -0.15) is 0 Å². The molecule has 0 saturated carbocycles. The van der Waals surface area contributed by atoms with E-state index in [2.05, 4.69) is 13.0 Å². The number of unbranched alkanes of at least 4 members (excludes halogenated alkanes) is 7. The minimum absolute atomic E-state index is 0.130. The molecule has 0 spiro atoms. The van der Waals surface area contributed by atoms with Crippen LogP contribution in [-0.4, -0.2) is 42.1 Å². The molecular formula is C23H38O6. The highest BCUT2D eigenvalue weighted by atomic mass is 16.6. The third-order valence-electron chi connectivity index (χ3n) is 4.28. The predicted octanol–water partition coefficient (Wildman–Crippen LogP) is 4.45. The Bertz CT molecular complexity index is 509. The van der Waals surface area contributed by atoms with Gasteiger partial charge in [0.1, 0.15) is 6.61 Å². The van der Waals surface area contributed by atoms with Gasteiger partial charge in [-0.05, 0) is 31.8 Å². The molecule has 0 heterocycles. The molecule has 0 saturated heterocycles. The van der Waals surface area contributed by atoms with E-state index >= 15 is 0 Å². The van der Waals surface area contributed by atoms with Crippen molar-refractivity contribution in [2.45, 2.75) is 90.6 Å². The van der Waals surface area contributed by atoms with Crippen molar-refractivity contribution < 1.29 is 29.0 Å². The average molecular weight is 411 g/mol. The zero-order valence-corrected chi connectivity index (χ0v) is 18.1. The summed E-state index contributed by atoms with van der Waals surface area (Å²) in [5.41, 5.74) is 0. The van der Waals surface area contributed by atoms with Crippen molar-refractivity contribution >= 4 is 17.7 Å². The number of aliphatic hydroxyl groups excluding tert-OH is 1. The molecule has 0 aliphatic carbocycles. The molecule has 0 aliphatic heterocycles. The summed E-state index contributed by atoms with van der Waals surface area (Å²) in [5, 5.41) is 9.11. The summed E-state index contributed by atoms with van der Waals surface area (Å²) < 4.78 is 9.78. The SMILES string of the molecule is CCCCC/C=C\C=C\C(=O)CCCCCCCC(=O)O[C@@H](CO)COC(C)=O. The molecule has 0 unspecified atom stereocenters. The number of esters is 2. The number of ether oxygens (including phenoxy) is 2. The van der Waals surface area contributed by atoms with Crippen LogP contribution in [0.4, 0.5) is 0 Å².